The number of carbonyl (C=O) groups excluding carboxylic acids is 1. The maximum atomic E-state index is 12.2. The maximum Gasteiger partial charge on any atom is 0.258 e. The van der Waals surface area contributed by atoms with Crippen molar-refractivity contribution in [1.29, 1.82) is 0 Å². The van der Waals surface area contributed by atoms with Crippen LogP contribution < -0.4 is 15.0 Å². The molecule has 1 aliphatic heterocycles. The smallest absolute Gasteiger partial charge is 0.258 e. The molecule has 3 aromatic rings. The van der Waals surface area contributed by atoms with Crippen LogP contribution in [0.4, 0.5) is 5.82 Å². The summed E-state index contributed by atoms with van der Waals surface area (Å²) in [5.41, 5.74) is 1.04. The summed E-state index contributed by atoms with van der Waals surface area (Å²) in [6.07, 6.45) is 1.81. The highest BCUT2D eigenvalue weighted by molar-refractivity contribution is 5.84. The van der Waals surface area contributed by atoms with E-state index in [2.05, 4.69) is 39.3 Å². The zero-order chi connectivity index (χ0) is 20.1. The van der Waals surface area contributed by atoms with Crippen molar-refractivity contribution in [2.45, 2.75) is 6.54 Å². The van der Waals surface area contributed by atoms with Gasteiger partial charge in [0.25, 0.3) is 5.91 Å². The predicted molar refractivity (Wildman–Crippen MR) is 115 cm³/mol. The van der Waals surface area contributed by atoms with E-state index in [-0.39, 0.29) is 12.5 Å². The van der Waals surface area contributed by atoms with Crippen LogP contribution in [0.5, 0.6) is 5.75 Å². The van der Waals surface area contributed by atoms with Gasteiger partial charge >= 0.3 is 0 Å². The summed E-state index contributed by atoms with van der Waals surface area (Å²) in [6.45, 7) is 4.47. The molecule has 1 saturated heterocycles. The molecule has 0 unspecified atom stereocenters. The normalized spacial score (nSPS) is 14.7. The number of benzene rings is 2. The van der Waals surface area contributed by atoms with Gasteiger partial charge < -0.3 is 19.9 Å². The Morgan fingerprint density at radius 1 is 1.03 bits per heavy atom. The first kappa shape index (κ1) is 19.2. The van der Waals surface area contributed by atoms with Crippen molar-refractivity contribution in [3.8, 4) is 5.75 Å². The highest BCUT2D eigenvalue weighted by Gasteiger charge is 2.15. The van der Waals surface area contributed by atoms with E-state index in [9.17, 15) is 4.79 Å². The second-order valence-electron chi connectivity index (χ2n) is 7.39. The molecule has 29 heavy (non-hydrogen) atoms. The molecule has 2 aromatic carbocycles. The van der Waals surface area contributed by atoms with Crippen LogP contribution in [-0.4, -0.2) is 55.6 Å². The second-order valence-corrected chi connectivity index (χ2v) is 7.39. The van der Waals surface area contributed by atoms with Crippen molar-refractivity contribution in [2.75, 3.05) is 44.7 Å². The lowest BCUT2D eigenvalue weighted by Gasteiger charge is -2.33. The number of carbonyl (C=O) groups is 1. The Hall–Kier alpha value is -3.12. The number of ether oxygens (including phenoxy) is 1. The number of nitrogens with one attached hydrogen (secondary N) is 1. The summed E-state index contributed by atoms with van der Waals surface area (Å²) in [4.78, 5) is 21.3. The number of rotatable bonds is 6. The standard InChI is InChI=1S/C23H26N4O2/c1-26-10-12-27(13-11-26)22-14-18(8-9-24-22)16-25-23(28)17-29-21-7-6-19-4-2-3-5-20(19)15-21/h2-9,14-15H,10-13,16-17H2,1H3,(H,25,28). The van der Waals surface area contributed by atoms with Gasteiger partial charge in [-0.2, -0.15) is 0 Å². The molecular weight excluding hydrogens is 364 g/mol. The Morgan fingerprint density at radius 3 is 2.66 bits per heavy atom. The number of piperazine rings is 1. The highest BCUT2D eigenvalue weighted by atomic mass is 16.5. The van der Waals surface area contributed by atoms with Crippen LogP contribution in [0.1, 0.15) is 5.56 Å². The van der Waals surface area contributed by atoms with E-state index in [0.717, 1.165) is 48.3 Å². The van der Waals surface area contributed by atoms with Gasteiger partial charge in [0, 0.05) is 38.9 Å². The number of anilines is 1. The van der Waals surface area contributed by atoms with Gasteiger partial charge in [0.05, 0.1) is 0 Å². The van der Waals surface area contributed by atoms with Crippen molar-refractivity contribution in [2.24, 2.45) is 0 Å². The Kier molecular flexibility index (Phi) is 5.91. The molecule has 1 aliphatic rings. The van der Waals surface area contributed by atoms with Gasteiger partial charge in [0.1, 0.15) is 11.6 Å². The predicted octanol–water partition coefficient (Wildman–Crippen LogP) is 2.68. The lowest BCUT2D eigenvalue weighted by Crippen LogP contribution is -2.44. The molecule has 4 rings (SSSR count). The molecule has 0 saturated carbocycles. The Morgan fingerprint density at radius 2 is 1.83 bits per heavy atom. The van der Waals surface area contributed by atoms with Crippen LogP contribution in [0.25, 0.3) is 10.8 Å². The monoisotopic (exact) mass is 390 g/mol. The molecule has 1 fully saturated rings. The molecule has 0 spiro atoms. The number of likely N-dealkylation sites (N-methyl/N-ethyl adjacent to an activating group) is 1. The molecular formula is C23H26N4O2. The number of fused-ring (bicyclic) bond motifs is 1. The SMILES string of the molecule is CN1CCN(c2cc(CNC(=O)COc3ccc4ccccc4c3)ccn2)CC1. The zero-order valence-corrected chi connectivity index (χ0v) is 16.7. The minimum Gasteiger partial charge on any atom is -0.484 e. The molecule has 1 amide bonds. The quantitative estimate of drug-likeness (QED) is 0.701. The topological polar surface area (TPSA) is 57.7 Å². The second kappa shape index (κ2) is 8.92. The van der Waals surface area contributed by atoms with Crippen molar-refractivity contribution in [3.05, 3.63) is 66.4 Å². The lowest BCUT2D eigenvalue weighted by molar-refractivity contribution is -0.123. The van der Waals surface area contributed by atoms with Gasteiger partial charge in [-0.25, -0.2) is 4.98 Å². The largest absolute Gasteiger partial charge is 0.484 e. The summed E-state index contributed by atoms with van der Waals surface area (Å²) in [5.74, 6) is 1.52. The van der Waals surface area contributed by atoms with Gasteiger partial charge in [-0.1, -0.05) is 30.3 Å². The maximum absolute atomic E-state index is 12.2. The molecule has 2 heterocycles. The van der Waals surface area contributed by atoms with Crippen molar-refractivity contribution < 1.29 is 9.53 Å². The molecule has 0 aliphatic carbocycles. The van der Waals surface area contributed by atoms with E-state index in [1.807, 2.05) is 42.5 Å². The minimum atomic E-state index is -0.142. The van der Waals surface area contributed by atoms with E-state index >= 15 is 0 Å². The van der Waals surface area contributed by atoms with Crippen LogP contribution in [0, 0.1) is 0 Å². The number of pyridine rings is 1. The molecule has 150 valence electrons. The van der Waals surface area contributed by atoms with E-state index in [4.69, 9.17) is 4.74 Å². The Bertz CT molecular complexity index is 983. The first-order chi connectivity index (χ1) is 14.2. The number of nitrogens with zero attached hydrogens (tertiary/aromatic N) is 3. The van der Waals surface area contributed by atoms with Crippen LogP contribution in [0.3, 0.4) is 0 Å². The van der Waals surface area contributed by atoms with Gasteiger partial charge in [0.2, 0.25) is 0 Å². The summed E-state index contributed by atoms with van der Waals surface area (Å²) in [7, 11) is 2.14. The fourth-order valence-electron chi connectivity index (χ4n) is 3.44. The summed E-state index contributed by atoms with van der Waals surface area (Å²) < 4.78 is 5.66. The van der Waals surface area contributed by atoms with Crippen LogP contribution >= 0.6 is 0 Å². The number of hydrogen-bond donors (Lipinski definition) is 1. The summed E-state index contributed by atoms with van der Waals surface area (Å²) >= 11 is 0. The van der Waals surface area contributed by atoms with E-state index < -0.39 is 0 Å². The van der Waals surface area contributed by atoms with E-state index in [1.54, 1.807) is 6.20 Å². The third-order valence-electron chi connectivity index (χ3n) is 5.22. The zero-order valence-electron chi connectivity index (χ0n) is 16.7. The number of hydrogen-bond acceptors (Lipinski definition) is 5. The molecule has 0 bridgehead atoms. The molecule has 0 radical (unpaired) electrons. The van der Waals surface area contributed by atoms with Gasteiger partial charge in [-0.15, -0.1) is 0 Å². The molecule has 0 atom stereocenters. The summed E-state index contributed by atoms with van der Waals surface area (Å²) in [6, 6.07) is 17.9. The average Bonchev–Trinajstić information content (AvgIpc) is 2.77. The van der Waals surface area contributed by atoms with Crippen LogP contribution in [0.15, 0.2) is 60.8 Å². The fourth-order valence-corrected chi connectivity index (χ4v) is 3.44. The lowest BCUT2D eigenvalue weighted by atomic mass is 10.1. The first-order valence-corrected chi connectivity index (χ1v) is 9.94. The Balaban J connectivity index is 1.28. The van der Waals surface area contributed by atoms with Crippen molar-refractivity contribution in [3.63, 3.8) is 0 Å². The minimum absolute atomic E-state index is 0.00522. The summed E-state index contributed by atoms with van der Waals surface area (Å²) in [5, 5.41) is 5.17. The third-order valence-corrected chi connectivity index (χ3v) is 5.22. The molecule has 1 N–H and O–H groups in total. The van der Waals surface area contributed by atoms with Gasteiger partial charge in [0.15, 0.2) is 6.61 Å². The molecule has 6 nitrogen and oxygen atoms in total. The van der Waals surface area contributed by atoms with Crippen LogP contribution in [-0.2, 0) is 11.3 Å². The van der Waals surface area contributed by atoms with E-state index in [1.165, 1.54) is 0 Å². The van der Waals surface area contributed by atoms with Crippen molar-refractivity contribution >= 4 is 22.5 Å². The molecule has 6 heteroatoms. The van der Waals surface area contributed by atoms with Crippen LogP contribution in [0.2, 0.25) is 0 Å². The van der Waals surface area contributed by atoms with Crippen molar-refractivity contribution in [1.82, 2.24) is 15.2 Å². The van der Waals surface area contributed by atoms with Gasteiger partial charge in [-0.3, -0.25) is 4.79 Å². The molecule has 1 aromatic heterocycles. The third kappa shape index (κ3) is 5.03. The fraction of sp³-hybridized carbons (Fsp3) is 0.304. The first-order valence-electron chi connectivity index (χ1n) is 9.94. The average molecular weight is 390 g/mol. The Labute approximate surface area is 171 Å². The number of amides is 1. The van der Waals surface area contributed by atoms with Gasteiger partial charge in [-0.05, 0) is 47.6 Å². The van der Waals surface area contributed by atoms with E-state index in [0.29, 0.717) is 12.3 Å². The number of aromatic nitrogens is 1. The highest BCUT2D eigenvalue weighted by Crippen LogP contribution is 2.20.